The molecule has 142 valence electrons. The third kappa shape index (κ3) is 2.89. The van der Waals surface area contributed by atoms with Crippen molar-refractivity contribution in [2.75, 3.05) is 0 Å². The van der Waals surface area contributed by atoms with E-state index >= 15 is 0 Å². The molecule has 0 saturated heterocycles. The van der Waals surface area contributed by atoms with Gasteiger partial charge in [0.15, 0.2) is 5.65 Å². The number of imidazole rings is 1. The van der Waals surface area contributed by atoms with E-state index in [4.69, 9.17) is 11.6 Å². The minimum absolute atomic E-state index is 0.0627. The molecule has 7 heteroatoms. The number of aromatic nitrogens is 3. The first-order valence-corrected chi connectivity index (χ1v) is 9.50. The topological polar surface area (TPSA) is 68.1 Å². The monoisotopic (exact) mass is 402 g/mol. The zero-order chi connectivity index (χ0) is 20.0. The predicted octanol–water partition coefficient (Wildman–Crippen LogP) is 3.93. The Kier molecular flexibility index (Phi) is 4.14. The maximum atomic E-state index is 12.8. The van der Waals surface area contributed by atoms with Gasteiger partial charge < -0.3 is 4.57 Å². The number of imide groups is 1. The van der Waals surface area contributed by atoms with Gasteiger partial charge in [-0.1, -0.05) is 41.9 Å². The molecule has 4 aromatic rings. The number of rotatable bonds is 4. The largest absolute Gasteiger partial charge is 0.307 e. The van der Waals surface area contributed by atoms with Crippen LogP contribution in [-0.2, 0) is 13.1 Å². The third-order valence-electron chi connectivity index (χ3n) is 5.05. The van der Waals surface area contributed by atoms with Crippen LogP contribution in [-0.4, -0.2) is 31.2 Å². The van der Waals surface area contributed by atoms with Crippen LogP contribution < -0.4 is 0 Å². The Morgan fingerprint density at radius 2 is 1.52 bits per heavy atom. The van der Waals surface area contributed by atoms with E-state index in [0.29, 0.717) is 39.7 Å². The minimum atomic E-state index is -0.310. The van der Waals surface area contributed by atoms with Gasteiger partial charge in [0.25, 0.3) is 11.8 Å². The number of fused-ring (bicyclic) bond motifs is 2. The molecule has 1 aliphatic heterocycles. The number of hydrogen-bond acceptors (Lipinski definition) is 4. The molecule has 0 N–H and O–H groups in total. The van der Waals surface area contributed by atoms with E-state index in [9.17, 15) is 9.59 Å². The molecule has 0 unspecified atom stereocenters. The van der Waals surface area contributed by atoms with Crippen molar-refractivity contribution in [3.63, 3.8) is 0 Å². The summed E-state index contributed by atoms with van der Waals surface area (Å²) in [6.45, 7) is 0.499. The van der Waals surface area contributed by atoms with Crippen LogP contribution in [0.5, 0.6) is 0 Å². The molecule has 0 radical (unpaired) electrons. The first kappa shape index (κ1) is 17.6. The van der Waals surface area contributed by atoms with Crippen molar-refractivity contribution in [1.82, 2.24) is 19.4 Å². The Morgan fingerprint density at radius 3 is 2.24 bits per heavy atom. The van der Waals surface area contributed by atoms with E-state index < -0.39 is 0 Å². The van der Waals surface area contributed by atoms with E-state index in [2.05, 4.69) is 9.97 Å². The zero-order valence-electron chi connectivity index (χ0n) is 15.2. The summed E-state index contributed by atoms with van der Waals surface area (Å²) in [4.78, 5) is 35.9. The predicted molar refractivity (Wildman–Crippen MR) is 109 cm³/mol. The fourth-order valence-electron chi connectivity index (χ4n) is 3.61. The molecule has 0 bridgehead atoms. The lowest BCUT2D eigenvalue weighted by Gasteiger charge is -2.15. The van der Waals surface area contributed by atoms with Crippen LogP contribution in [0.15, 0.2) is 66.9 Å². The molecule has 29 heavy (non-hydrogen) atoms. The molecule has 1 aliphatic rings. The van der Waals surface area contributed by atoms with Crippen LogP contribution in [0.1, 0.15) is 32.1 Å². The Hall–Kier alpha value is -3.51. The quantitative estimate of drug-likeness (QED) is 0.485. The number of hydrogen-bond donors (Lipinski definition) is 0. The van der Waals surface area contributed by atoms with Crippen LogP contribution in [0, 0.1) is 0 Å². The fraction of sp³-hybridized carbons (Fsp3) is 0.0909. The second kappa shape index (κ2) is 6.83. The summed E-state index contributed by atoms with van der Waals surface area (Å²) in [5, 5.41) is 0.636. The average molecular weight is 403 g/mol. The van der Waals surface area contributed by atoms with Crippen LogP contribution in [0.4, 0.5) is 0 Å². The lowest BCUT2D eigenvalue weighted by molar-refractivity contribution is 0.0637. The number of benzene rings is 2. The molecule has 0 aliphatic carbocycles. The summed E-state index contributed by atoms with van der Waals surface area (Å²) in [6.07, 6.45) is 1.69. The van der Waals surface area contributed by atoms with Gasteiger partial charge in [0.05, 0.1) is 24.2 Å². The summed E-state index contributed by atoms with van der Waals surface area (Å²) in [5.41, 5.74) is 3.13. The highest BCUT2D eigenvalue weighted by Crippen LogP contribution is 2.26. The zero-order valence-corrected chi connectivity index (χ0v) is 16.0. The van der Waals surface area contributed by atoms with Gasteiger partial charge in [-0.25, -0.2) is 9.97 Å². The van der Waals surface area contributed by atoms with Crippen molar-refractivity contribution in [3.05, 3.63) is 94.4 Å². The number of amides is 2. The summed E-state index contributed by atoms with van der Waals surface area (Å²) >= 11 is 6.35. The number of halogens is 1. The normalized spacial score (nSPS) is 13.3. The van der Waals surface area contributed by atoms with Crippen molar-refractivity contribution in [1.29, 1.82) is 0 Å². The van der Waals surface area contributed by atoms with E-state index in [0.717, 1.165) is 5.56 Å². The lowest BCUT2D eigenvalue weighted by Crippen LogP contribution is -2.30. The van der Waals surface area contributed by atoms with Crippen molar-refractivity contribution >= 4 is 34.6 Å². The van der Waals surface area contributed by atoms with Crippen LogP contribution >= 0.6 is 11.6 Å². The van der Waals surface area contributed by atoms with Crippen molar-refractivity contribution in [2.24, 2.45) is 0 Å². The van der Waals surface area contributed by atoms with Gasteiger partial charge in [-0.15, -0.1) is 0 Å². The molecule has 2 aromatic carbocycles. The van der Waals surface area contributed by atoms with Gasteiger partial charge in [-0.3, -0.25) is 14.5 Å². The SMILES string of the molecule is O=C1c2ccccc2C(=O)N1Cc1nc2cccnc2n1Cc1ccccc1Cl. The molecule has 0 saturated carbocycles. The highest BCUT2D eigenvalue weighted by atomic mass is 35.5. The molecule has 6 nitrogen and oxygen atoms in total. The smallest absolute Gasteiger partial charge is 0.261 e. The summed E-state index contributed by atoms with van der Waals surface area (Å²) in [6, 6.07) is 18.1. The standard InChI is InChI=1S/C22H15ClN4O2/c23-17-9-4-1-6-14(17)12-26-19(25-18-10-5-11-24-20(18)26)13-27-21(28)15-7-2-3-8-16(15)22(27)29/h1-11H,12-13H2. The number of carbonyl (C=O) groups excluding carboxylic acids is 2. The average Bonchev–Trinajstić information content (AvgIpc) is 3.21. The van der Waals surface area contributed by atoms with Gasteiger partial charge in [-0.05, 0) is 35.9 Å². The first-order chi connectivity index (χ1) is 14.1. The molecule has 0 atom stereocenters. The third-order valence-corrected chi connectivity index (χ3v) is 5.42. The van der Waals surface area contributed by atoms with Crippen molar-refractivity contribution in [3.8, 4) is 0 Å². The maximum absolute atomic E-state index is 12.8. The molecule has 3 heterocycles. The van der Waals surface area contributed by atoms with E-state index in [1.54, 1.807) is 36.5 Å². The molecule has 2 amide bonds. The summed E-state index contributed by atoms with van der Waals surface area (Å²) in [7, 11) is 0. The van der Waals surface area contributed by atoms with Crippen LogP contribution in [0.2, 0.25) is 5.02 Å². The second-order valence-electron chi connectivity index (χ2n) is 6.79. The van der Waals surface area contributed by atoms with Gasteiger partial charge in [-0.2, -0.15) is 0 Å². The summed E-state index contributed by atoms with van der Waals surface area (Å²) < 4.78 is 1.90. The van der Waals surface area contributed by atoms with E-state index in [-0.39, 0.29) is 18.4 Å². The molecular weight excluding hydrogens is 388 g/mol. The maximum Gasteiger partial charge on any atom is 0.261 e. The van der Waals surface area contributed by atoms with E-state index in [1.807, 2.05) is 34.9 Å². The van der Waals surface area contributed by atoms with Gasteiger partial charge in [0, 0.05) is 11.2 Å². The Labute approximate surface area is 171 Å². The molecule has 0 fully saturated rings. The van der Waals surface area contributed by atoms with Gasteiger partial charge in [0.2, 0.25) is 0 Å². The minimum Gasteiger partial charge on any atom is -0.307 e. The highest BCUT2D eigenvalue weighted by Gasteiger charge is 2.36. The first-order valence-electron chi connectivity index (χ1n) is 9.12. The molecular formula is C22H15ClN4O2. The van der Waals surface area contributed by atoms with Crippen molar-refractivity contribution in [2.45, 2.75) is 13.1 Å². The Morgan fingerprint density at radius 1 is 0.828 bits per heavy atom. The number of pyridine rings is 1. The Bertz CT molecular complexity index is 1250. The van der Waals surface area contributed by atoms with Gasteiger partial charge >= 0.3 is 0 Å². The second-order valence-corrected chi connectivity index (χ2v) is 7.20. The lowest BCUT2D eigenvalue weighted by atomic mass is 10.1. The summed E-state index contributed by atoms with van der Waals surface area (Å²) in [5.74, 6) is -0.0436. The number of nitrogens with zero attached hydrogens (tertiary/aromatic N) is 4. The van der Waals surface area contributed by atoms with Crippen LogP contribution in [0.25, 0.3) is 11.2 Å². The van der Waals surface area contributed by atoms with Crippen molar-refractivity contribution < 1.29 is 9.59 Å². The van der Waals surface area contributed by atoms with Crippen LogP contribution in [0.3, 0.4) is 0 Å². The van der Waals surface area contributed by atoms with E-state index in [1.165, 1.54) is 4.90 Å². The Balaban J connectivity index is 1.57. The number of carbonyl (C=O) groups is 2. The molecule has 2 aromatic heterocycles. The highest BCUT2D eigenvalue weighted by molar-refractivity contribution is 6.31. The molecule has 5 rings (SSSR count). The fourth-order valence-corrected chi connectivity index (χ4v) is 3.81. The molecule has 0 spiro atoms. The van der Waals surface area contributed by atoms with Gasteiger partial charge in [0.1, 0.15) is 11.3 Å².